The van der Waals surface area contributed by atoms with Gasteiger partial charge in [-0.2, -0.15) is 0 Å². The number of rotatable bonds is 5. The van der Waals surface area contributed by atoms with E-state index in [9.17, 15) is 4.79 Å². The van der Waals surface area contributed by atoms with E-state index in [4.69, 9.17) is 5.11 Å². The summed E-state index contributed by atoms with van der Waals surface area (Å²) in [5, 5.41) is 13.1. The zero-order valence-electron chi connectivity index (χ0n) is 8.85. The molecule has 5 heteroatoms. The third kappa shape index (κ3) is 1.91. The fraction of sp³-hybridized carbons (Fsp3) is 0.636. The number of nitrogens with one attached hydrogen (secondary N) is 1. The summed E-state index contributed by atoms with van der Waals surface area (Å²) < 4.78 is 0. The van der Waals surface area contributed by atoms with Gasteiger partial charge in [-0.1, -0.05) is 0 Å². The molecule has 1 heterocycles. The molecular formula is C11H14N2O2S. The Labute approximate surface area is 97.7 Å². The highest BCUT2D eigenvalue weighted by molar-refractivity contribution is 7.14. The van der Waals surface area contributed by atoms with Gasteiger partial charge in [0.05, 0.1) is 5.51 Å². The lowest BCUT2D eigenvalue weighted by Crippen LogP contribution is -2.24. The first-order chi connectivity index (χ1) is 7.75. The first-order valence-electron chi connectivity index (χ1n) is 5.69. The smallest absolute Gasteiger partial charge is 0.357 e. The molecule has 1 aromatic heterocycles. The van der Waals surface area contributed by atoms with Gasteiger partial charge in [-0.05, 0) is 37.5 Å². The number of carbonyl (C=O) groups is 1. The Morgan fingerprint density at radius 3 is 2.56 bits per heavy atom. The molecule has 0 aromatic carbocycles. The fourth-order valence-corrected chi connectivity index (χ4v) is 2.90. The molecule has 0 amide bonds. The van der Waals surface area contributed by atoms with Crippen LogP contribution in [0.15, 0.2) is 5.51 Å². The molecule has 0 atom stereocenters. The summed E-state index contributed by atoms with van der Waals surface area (Å²) in [4.78, 5) is 14.8. The van der Waals surface area contributed by atoms with Crippen molar-refractivity contribution in [1.82, 2.24) is 4.98 Å². The number of carboxylic acids is 1. The van der Waals surface area contributed by atoms with Crippen LogP contribution >= 0.6 is 11.3 Å². The van der Waals surface area contributed by atoms with Crippen molar-refractivity contribution >= 4 is 22.3 Å². The van der Waals surface area contributed by atoms with E-state index in [-0.39, 0.29) is 5.69 Å². The SMILES string of the molecule is O=C(O)c1ncsc1NC(C1CC1)C1CC1. The lowest BCUT2D eigenvalue weighted by molar-refractivity contribution is 0.0692. The molecule has 0 aliphatic heterocycles. The minimum Gasteiger partial charge on any atom is -0.476 e. The van der Waals surface area contributed by atoms with Gasteiger partial charge in [0.15, 0.2) is 5.69 Å². The second-order valence-corrected chi connectivity index (χ2v) is 5.53. The van der Waals surface area contributed by atoms with Crippen LogP contribution in [0, 0.1) is 11.8 Å². The topological polar surface area (TPSA) is 62.2 Å². The first-order valence-corrected chi connectivity index (χ1v) is 6.57. The van der Waals surface area contributed by atoms with Gasteiger partial charge in [-0.15, -0.1) is 11.3 Å². The largest absolute Gasteiger partial charge is 0.476 e. The van der Waals surface area contributed by atoms with Crippen molar-refractivity contribution in [2.75, 3.05) is 5.32 Å². The molecule has 2 saturated carbocycles. The molecular weight excluding hydrogens is 224 g/mol. The fourth-order valence-electron chi connectivity index (χ4n) is 2.18. The molecule has 0 spiro atoms. The molecule has 2 fully saturated rings. The van der Waals surface area contributed by atoms with Gasteiger partial charge in [0.2, 0.25) is 0 Å². The summed E-state index contributed by atoms with van der Waals surface area (Å²) in [5.74, 6) is 0.585. The van der Waals surface area contributed by atoms with Gasteiger partial charge in [0, 0.05) is 6.04 Å². The van der Waals surface area contributed by atoms with Gasteiger partial charge in [0.1, 0.15) is 5.00 Å². The van der Waals surface area contributed by atoms with E-state index in [0.29, 0.717) is 6.04 Å². The van der Waals surface area contributed by atoms with Crippen molar-refractivity contribution in [3.63, 3.8) is 0 Å². The molecule has 0 radical (unpaired) electrons. The zero-order valence-corrected chi connectivity index (χ0v) is 9.67. The predicted octanol–water partition coefficient (Wildman–Crippen LogP) is 2.44. The van der Waals surface area contributed by atoms with Crippen molar-refractivity contribution in [2.24, 2.45) is 11.8 Å². The number of aromatic carboxylic acids is 1. The van der Waals surface area contributed by atoms with Crippen LogP contribution in [-0.4, -0.2) is 22.1 Å². The quantitative estimate of drug-likeness (QED) is 0.827. The van der Waals surface area contributed by atoms with E-state index in [2.05, 4.69) is 10.3 Å². The summed E-state index contributed by atoms with van der Waals surface area (Å²) in [6.45, 7) is 0. The van der Waals surface area contributed by atoms with Crippen LogP contribution < -0.4 is 5.32 Å². The van der Waals surface area contributed by atoms with Crippen LogP contribution in [0.3, 0.4) is 0 Å². The summed E-state index contributed by atoms with van der Waals surface area (Å²) in [7, 11) is 0. The van der Waals surface area contributed by atoms with Crippen molar-refractivity contribution in [1.29, 1.82) is 0 Å². The van der Waals surface area contributed by atoms with E-state index < -0.39 is 5.97 Å². The Hall–Kier alpha value is -1.10. The van der Waals surface area contributed by atoms with Crippen LogP contribution in [0.1, 0.15) is 36.2 Å². The monoisotopic (exact) mass is 238 g/mol. The predicted molar refractivity (Wildman–Crippen MR) is 61.9 cm³/mol. The number of carboxylic acid groups (broad SMARTS) is 1. The van der Waals surface area contributed by atoms with Crippen LogP contribution in [0.5, 0.6) is 0 Å². The maximum atomic E-state index is 10.9. The Balaban J connectivity index is 1.76. The summed E-state index contributed by atoms with van der Waals surface area (Å²) in [5.41, 5.74) is 1.78. The molecule has 86 valence electrons. The number of nitrogens with zero attached hydrogens (tertiary/aromatic N) is 1. The van der Waals surface area contributed by atoms with Gasteiger partial charge in [-0.25, -0.2) is 9.78 Å². The standard InChI is InChI=1S/C11H14N2O2S/c14-11(15)9-10(16-5-12-9)13-8(6-1-2-6)7-3-4-7/h5-8,13H,1-4H2,(H,14,15). The van der Waals surface area contributed by atoms with E-state index in [0.717, 1.165) is 16.8 Å². The normalized spacial score (nSPS) is 20.1. The van der Waals surface area contributed by atoms with Gasteiger partial charge in [-0.3, -0.25) is 0 Å². The molecule has 3 rings (SSSR count). The Morgan fingerprint density at radius 2 is 2.06 bits per heavy atom. The molecule has 0 saturated heterocycles. The maximum absolute atomic E-state index is 10.9. The molecule has 2 aliphatic carbocycles. The number of aromatic nitrogens is 1. The number of anilines is 1. The van der Waals surface area contributed by atoms with Crippen LogP contribution in [-0.2, 0) is 0 Å². The van der Waals surface area contributed by atoms with Crippen molar-refractivity contribution < 1.29 is 9.90 Å². The maximum Gasteiger partial charge on any atom is 0.357 e. The van der Waals surface area contributed by atoms with Crippen molar-refractivity contribution in [2.45, 2.75) is 31.7 Å². The van der Waals surface area contributed by atoms with Gasteiger partial charge >= 0.3 is 5.97 Å². The molecule has 4 nitrogen and oxygen atoms in total. The third-order valence-electron chi connectivity index (χ3n) is 3.33. The first kappa shape index (κ1) is 10.1. The minimum absolute atomic E-state index is 0.177. The zero-order chi connectivity index (χ0) is 11.1. The van der Waals surface area contributed by atoms with E-state index in [1.54, 1.807) is 5.51 Å². The second kappa shape index (κ2) is 3.73. The third-order valence-corrected chi connectivity index (χ3v) is 4.09. The molecule has 0 bridgehead atoms. The van der Waals surface area contributed by atoms with E-state index in [1.165, 1.54) is 37.0 Å². The Bertz CT molecular complexity index is 398. The Kier molecular flexibility index (Phi) is 2.35. The second-order valence-electron chi connectivity index (χ2n) is 4.68. The molecule has 2 aliphatic rings. The molecule has 0 unspecified atom stereocenters. The van der Waals surface area contributed by atoms with E-state index >= 15 is 0 Å². The summed E-state index contributed by atoms with van der Waals surface area (Å²) >= 11 is 1.39. The average molecular weight is 238 g/mol. The number of thiazole rings is 1. The van der Waals surface area contributed by atoms with E-state index in [1.807, 2.05) is 0 Å². The summed E-state index contributed by atoms with van der Waals surface area (Å²) in [6.07, 6.45) is 5.15. The van der Waals surface area contributed by atoms with Crippen molar-refractivity contribution in [3.8, 4) is 0 Å². The lowest BCUT2D eigenvalue weighted by Gasteiger charge is -2.17. The highest BCUT2D eigenvalue weighted by Gasteiger charge is 2.42. The highest BCUT2D eigenvalue weighted by atomic mass is 32.1. The number of hydrogen-bond acceptors (Lipinski definition) is 4. The highest BCUT2D eigenvalue weighted by Crippen LogP contribution is 2.46. The van der Waals surface area contributed by atoms with Gasteiger partial charge in [0.25, 0.3) is 0 Å². The summed E-state index contributed by atoms with van der Waals surface area (Å²) in [6, 6.07) is 0.485. The molecule has 1 aromatic rings. The Morgan fingerprint density at radius 1 is 1.44 bits per heavy atom. The lowest BCUT2D eigenvalue weighted by atomic mass is 10.1. The van der Waals surface area contributed by atoms with Gasteiger partial charge < -0.3 is 10.4 Å². The van der Waals surface area contributed by atoms with Crippen molar-refractivity contribution in [3.05, 3.63) is 11.2 Å². The minimum atomic E-state index is -0.936. The number of hydrogen-bond donors (Lipinski definition) is 2. The molecule has 16 heavy (non-hydrogen) atoms. The average Bonchev–Trinajstić information content (AvgIpc) is 3.14. The van der Waals surface area contributed by atoms with Crippen LogP contribution in [0.2, 0.25) is 0 Å². The van der Waals surface area contributed by atoms with Crippen LogP contribution in [0.4, 0.5) is 5.00 Å². The molecule has 2 N–H and O–H groups in total. The van der Waals surface area contributed by atoms with Crippen LogP contribution in [0.25, 0.3) is 0 Å².